The van der Waals surface area contributed by atoms with E-state index in [9.17, 15) is 9.59 Å². The van der Waals surface area contributed by atoms with Crippen LogP contribution in [0.3, 0.4) is 0 Å². The van der Waals surface area contributed by atoms with Gasteiger partial charge in [-0.25, -0.2) is 0 Å². The molecule has 0 aromatic carbocycles. The van der Waals surface area contributed by atoms with Crippen molar-refractivity contribution in [3.63, 3.8) is 0 Å². The molecule has 0 saturated heterocycles. The topological polar surface area (TPSA) is 79.8 Å². The maximum Gasteiger partial charge on any atom is 0.255 e. The Kier molecular flexibility index (Phi) is 5.36. The second-order valence-electron chi connectivity index (χ2n) is 5.78. The number of aromatic amines is 1. The highest BCUT2D eigenvalue weighted by molar-refractivity contribution is 5.95. The van der Waals surface area contributed by atoms with Gasteiger partial charge >= 0.3 is 0 Å². The molecule has 0 radical (unpaired) electrons. The Bertz CT molecular complexity index is 741. The molecule has 0 aliphatic heterocycles. The number of aryl methyl sites for hydroxylation is 1. The molecule has 0 unspecified atom stereocenters. The lowest BCUT2D eigenvalue weighted by atomic mass is 10.1. The number of hydrogen-bond donors (Lipinski definition) is 2. The second-order valence-corrected chi connectivity index (χ2v) is 5.78. The summed E-state index contributed by atoms with van der Waals surface area (Å²) in [5, 5.41) is 7.22. The standard InChI is InChI=1S/C17H24N4O2/c1-5-14(6-2)21-12(4)15(10-19-21)17(23)18-9-13-7-11(3)20-16(22)8-13/h7-8,10,14H,5-6,9H2,1-4H3,(H,18,23)(H,20,22). The predicted molar refractivity (Wildman–Crippen MR) is 89.6 cm³/mol. The Hall–Kier alpha value is -2.37. The predicted octanol–water partition coefficient (Wildman–Crippen LogP) is 2.48. The minimum atomic E-state index is -0.169. The summed E-state index contributed by atoms with van der Waals surface area (Å²) in [4.78, 5) is 26.5. The first kappa shape index (κ1) is 17.0. The highest BCUT2D eigenvalue weighted by Gasteiger charge is 2.17. The van der Waals surface area contributed by atoms with Crippen LogP contribution in [-0.4, -0.2) is 20.7 Å². The van der Waals surface area contributed by atoms with Gasteiger partial charge in [0.25, 0.3) is 5.91 Å². The van der Waals surface area contributed by atoms with Crippen molar-refractivity contribution in [1.82, 2.24) is 20.1 Å². The molecule has 2 aromatic rings. The summed E-state index contributed by atoms with van der Waals surface area (Å²) < 4.78 is 1.92. The molecule has 0 spiro atoms. The lowest BCUT2D eigenvalue weighted by molar-refractivity contribution is 0.0950. The van der Waals surface area contributed by atoms with E-state index in [0.29, 0.717) is 18.2 Å². The molecule has 6 nitrogen and oxygen atoms in total. The molecular weight excluding hydrogens is 292 g/mol. The van der Waals surface area contributed by atoms with E-state index in [1.165, 1.54) is 6.07 Å². The number of aromatic nitrogens is 3. The third-order valence-electron chi connectivity index (χ3n) is 4.07. The maximum absolute atomic E-state index is 12.4. The van der Waals surface area contributed by atoms with Gasteiger partial charge in [0.1, 0.15) is 0 Å². The Morgan fingerprint density at radius 2 is 2.00 bits per heavy atom. The maximum atomic E-state index is 12.4. The van der Waals surface area contributed by atoms with E-state index in [4.69, 9.17) is 0 Å². The van der Waals surface area contributed by atoms with E-state index in [1.54, 1.807) is 6.20 Å². The van der Waals surface area contributed by atoms with Crippen molar-refractivity contribution in [1.29, 1.82) is 0 Å². The molecule has 0 fully saturated rings. The SMILES string of the molecule is CCC(CC)n1ncc(C(=O)NCc2cc(C)[nH]c(=O)c2)c1C. The Balaban J connectivity index is 2.11. The molecule has 2 N–H and O–H groups in total. The normalized spacial score (nSPS) is 11.0. The van der Waals surface area contributed by atoms with E-state index in [2.05, 4.69) is 29.2 Å². The lowest BCUT2D eigenvalue weighted by Crippen LogP contribution is -2.24. The van der Waals surface area contributed by atoms with E-state index in [-0.39, 0.29) is 11.5 Å². The average molecular weight is 316 g/mol. The first-order chi connectivity index (χ1) is 11.0. The number of nitrogens with one attached hydrogen (secondary N) is 2. The van der Waals surface area contributed by atoms with Gasteiger partial charge in [0.05, 0.1) is 17.8 Å². The summed E-state index contributed by atoms with van der Waals surface area (Å²) in [6.45, 7) is 8.28. The zero-order chi connectivity index (χ0) is 17.0. The van der Waals surface area contributed by atoms with Gasteiger partial charge < -0.3 is 10.3 Å². The van der Waals surface area contributed by atoms with Crippen LogP contribution in [0.1, 0.15) is 60.0 Å². The molecule has 2 heterocycles. The fraction of sp³-hybridized carbons (Fsp3) is 0.471. The molecule has 1 amide bonds. The first-order valence-corrected chi connectivity index (χ1v) is 7.98. The quantitative estimate of drug-likeness (QED) is 0.859. The summed E-state index contributed by atoms with van der Waals surface area (Å²) >= 11 is 0. The van der Waals surface area contributed by atoms with Crippen molar-refractivity contribution in [2.45, 2.75) is 53.1 Å². The van der Waals surface area contributed by atoms with Crippen molar-refractivity contribution in [2.24, 2.45) is 0 Å². The van der Waals surface area contributed by atoms with Crippen LogP contribution in [0.5, 0.6) is 0 Å². The summed E-state index contributed by atoms with van der Waals surface area (Å²) in [6, 6.07) is 3.66. The molecule has 2 rings (SSSR count). The fourth-order valence-electron chi connectivity index (χ4n) is 2.78. The molecule has 0 atom stereocenters. The van der Waals surface area contributed by atoms with Gasteiger partial charge in [-0.15, -0.1) is 0 Å². The number of pyridine rings is 1. The molecule has 0 saturated carbocycles. The third kappa shape index (κ3) is 3.88. The van der Waals surface area contributed by atoms with Gasteiger partial charge in [-0.3, -0.25) is 14.3 Å². The Morgan fingerprint density at radius 3 is 2.61 bits per heavy atom. The van der Waals surface area contributed by atoms with Gasteiger partial charge in [-0.05, 0) is 38.3 Å². The highest BCUT2D eigenvalue weighted by atomic mass is 16.1. The molecule has 23 heavy (non-hydrogen) atoms. The van der Waals surface area contributed by atoms with Gasteiger partial charge in [0.15, 0.2) is 0 Å². The van der Waals surface area contributed by atoms with Crippen LogP contribution in [0.2, 0.25) is 0 Å². The fourth-order valence-corrected chi connectivity index (χ4v) is 2.78. The summed E-state index contributed by atoms with van der Waals surface area (Å²) in [5.41, 5.74) is 2.85. The number of carbonyl (C=O) groups is 1. The van der Waals surface area contributed by atoms with Crippen molar-refractivity contribution in [3.05, 3.63) is 51.2 Å². The smallest absolute Gasteiger partial charge is 0.255 e. The van der Waals surface area contributed by atoms with Crippen LogP contribution >= 0.6 is 0 Å². The molecule has 6 heteroatoms. The van der Waals surface area contributed by atoms with Crippen LogP contribution in [0.25, 0.3) is 0 Å². The summed E-state index contributed by atoms with van der Waals surface area (Å²) in [5.74, 6) is -0.169. The molecule has 0 bridgehead atoms. The first-order valence-electron chi connectivity index (χ1n) is 7.98. The zero-order valence-electron chi connectivity index (χ0n) is 14.1. The number of carbonyl (C=O) groups excluding carboxylic acids is 1. The van der Waals surface area contributed by atoms with Gasteiger partial charge in [-0.1, -0.05) is 13.8 Å². The molecule has 124 valence electrons. The van der Waals surface area contributed by atoms with E-state index >= 15 is 0 Å². The Morgan fingerprint density at radius 1 is 1.30 bits per heavy atom. The van der Waals surface area contributed by atoms with Crippen LogP contribution in [0.15, 0.2) is 23.1 Å². The van der Waals surface area contributed by atoms with Crippen molar-refractivity contribution >= 4 is 5.91 Å². The number of amides is 1. The third-order valence-corrected chi connectivity index (χ3v) is 4.07. The van der Waals surface area contributed by atoms with E-state index in [1.807, 2.05) is 24.6 Å². The molecule has 2 aromatic heterocycles. The summed E-state index contributed by atoms with van der Waals surface area (Å²) in [6.07, 6.45) is 3.57. The van der Waals surface area contributed by atoms with E-state index < -0.39 is 0 Å². The monoisotopic (exact) mass is 316 g/mol. The van der Waals surface area contributed by atoms with Crippen LogP contribution in [-0.2, 0) is 6.54 Å². The van der Waals surface area contributed by atoms with Crippen LogP contribution in [0.4, 0.5) is 0 Å². The van der Waals surface area contributed by atoms with E-state index in [0.717, 1.165) is 29.8 Å². The molecular formula is C17H24N4O2. The van der Waals surface area contributed by atoms with Crippen molar-refractivity contribution < 1.29 is 4.79 Å². The molecule has 0 aliphatic carbocycles. The average Bonchev–Trinajstić information content (AvgIpc) is 2.87. The van der Waals surface area contributed by atoms with Crippen LogP contribution < -0.4 is 10.9 Å². The number of rotatable bonds is 6. The minimum absolute atomic E-state index is 0.160. The van der Waals surface area contributed by atoms with Gasteiger partial charge in [0, 0.05) is 24.0 Å². The number of H-pyrrole nitrogens is 1. The van der Waals surface area contributed by atoms with Crippen LogP contribution in [0, 0.1) is 13.8 Å². The van der Waals surface area contributed by atoms with Crippen molar-refractivity contribution in [3.8, 4) is 0 Å². The highest BCUT2D eigenvalue weighted by Crippen LogP contribution is 2.19. The molecule has 0 aliphatic rings. The van der Waals surface area contributed by atoms with Crippen molar-refractivity contribution in [2.75, 3.05) is 0 Å². The van der Waals surface area contributed by atoms with Gasteiger partial charge in [0.2, 0.25) is 5.56 Å². The minimum Gasteiger partial charge on any atom is -0.348 e. The summed E-state index contributed by atoms with van der Waals surface area (Å²) in [7, 11) is 0. The second kappa shape index (κ2) is 7.26. The van der Waals surface area contributed by atoms with Gasteiger partial charge in [-0.2, -0.15) is 5.10 Å². The number of nitrogens with zero attached hydrogens (tertiary/aromatic N) is 2. The largest absolute Gasteiger partial charge is 0.348 e. The Labute approximate surface area is 135 Å². The number of hydrogen-bond acceptors (Lipinski definition) is 3. The lowest BCUT2D eigenvalue weighted by Gasteiger charge is -2.15. The zero-order valence-corrected chi connectivity index (χ0v) is 14.1.